The number of hydrazone groups is 1. The first-order valence-electron chi connectivity index (χ1n) is 4.86. The number of halogens is 2. The number of nitrogens with zero attached hydrogens (tertiary/aromatic N) is 1. The lowest BCUT2D eigenvalue weighted by atomic mass is 10.2. The topological polar surface area (TPSA) is 76.7 Å². The molecule has 0 unspecified atom stereocenters. The first-order valence-corrected chi connectivity index (χ1v) is 6.44. The number of ether oxygens (including phenoxy) is 1. The smallest absolute Gasteiger partial charge is 0.332 e. The average Bonchev–Trinajstić information content (AvgIpc) is 2.27. The van der Waals surface area contributed by atoms with Crippen molar-refractivity contribution in [3.05, 3.63) is 39.3 Å². The van der Waals surface area contributed by atoms with Gasteiger partial charge in [0.05, 0.1) is 10.7 Å². The average molecular weight is 377 g/mol. The van der Waals surface area contributed by atoms with E-state index < -0.39 is 6.03 Å². The molecular weight excluding hydrogens is 366 g/mol. The molecule has 0 aliphatic heterocycles. The Morgan fingerprint density at radius 3 is 2.89 bits per heavy atom. The van der Waals surface area contributed by atoms with E-state index in [1.807, 2.05) is 6.07 Å². The van der Waals surface area contributed by atoms with E-state index in [9.17, 15) is 4.79 Å². The van der Waals surface area contributed by atoms with E-state index in [1.54, 1.807) is 12.1 Å². The number of benzene rings is 1. The summed E-state index contributed by atoms with van der Waals surface area (Å²) in [5.41, 5.74) is 7.71. The lowest BCUT2D eigenvalue weighted by Crippen LogP contribution is -2.24. The zero-order chi connectivity index (χ0) is 13.5. The number of carbonyl (C=O) groups excluding carboxylic acids is 1. The fraction of sp³-hybridized carbons (Fsp3) is 0.0909. The van der Waals surface area contributed by atoms with Gasteiger partial charge in [0.25, 0.3) is 0 Å². The van der Waals surface area contributed by atoms with Crippen molar-refractivity contribution in [2.75, 3.05) is 6.61 Å². The second-order valence-electron chi connectivity index (χ2n) is 3.14. The number of hydrogen-bond acceptors (Lipinski definition) is 3. The highest BCUT2D eigenvalue weighted by Crippen LogP contribution is 2.32. The van der Waals surface area contributed by atoms with E-state index in [0.29, 0.717) is 17.9 Å². The van der Waals surface area contributed by atoms with Crippen LogP contribution >= 0.6 is 31.9 Å². The molecule has 0 atom stereocenters. The van der Waals surface area contributed by atoms with E-state index in [0.717, 1.165) is 8.95 Å². The Balaban J connectivity index is 3.02. The van der Waals surface area contributed by atoms with Crippen LogP contribution in [0.2, 0.25) is 0 Å². The predicted octanol–water partition coefficient (Wildman–Crippen LogP) is 2.78. The molecule has 0 radical (unpaired) electrons. The summed E-state index contributed by atoms with van der Waals surface area (Å²) in [6.07, 6.45) is 3.08. The summed E-state index contributed by atoms with van der Waals surface area (Å²) in [6.45, 7) is 3.95. The summed E-state index contributed by atoms with van der Waals surface area (Å²) in [5.74, 6) is 0.605. The normalized spacial score (nSPS) is 10.3. The van der Waals surface area contributed by atoms with Crippen molar-refractivity contribution in [2.45, 2.75) is 0 Å². The SMILES string of the molecule is C=CCOc1c(Br)cc(Br)cc1/C=N\NC(N)=O. The van der Waals surface area contributed by atoms with Crippen molar-refractivity contribution in [3.8, 4) is 5.75 Å². The summed E-state index contributed by atoms with van der Waals surface area (Å²) in [5, 5.41) is 3.70. The Kier molecular flexibility index (Phi) is 5.87. The molecule has 2 amide bonds. The van der Waals surface area contributed by atoms with Crippen LogP contribution in [0.5, 0.6) is 5.75 Å². The molecule has 1 aromatic carbocycles. The Morgan fingerprint density at radius 1 is 1.56 bits per heavy atom. The number of urea groups is 1. The molecule has 0 saturated carbocycles. The van der Waals surface area contributed by atoms with Crippen LogP contribution < -0.4 is 15.9 Å². The quantitative estimate of drug-likeness (QED) is 0.471. The molecule has 0 spiro atoms. The first kappa shape index (κ1) is 14.7. The molecule has 0 aliphatic rings. The Bertz CT molecular complexity index is 489. The molecule has 0 saturated heterocycles. The second-order valence-corrected chi connectivity index (χ2v) is 4.91. The molecule has 0 fully saturated rings. The number of nitrogens with one attached hydrogen (secondary N) is 1. The molecule has 0 heterocycles. The Labute approximate surface area is 121 Å². The highest BCUT2D eigenvalue weighted by molar-refractivity contribution is 9.11. The molecule has 1 rings (SSSR count). The summed E-state index contributed by atoms with van der Waals surface area (Å²) < 4.78 is 7.12. The third kappa shape index (κ3) is 4.50. The second kappa shape index (κ2) is 7.17. The van der Waals surface area contributed by atoms with E-state index in [-0.39, 0.29) is 0 Å². The molecule has 96 valence electrons. The van der Waals surface area contributed by atoms with Crippen LogP contribution in [0.1, 0.15) is 5.56 Å². The van der Waals surface area contributed by atoms with Gasteiger partial charge in [-0.05, 0) is 28.1 Å². The van der Waals surface area contributed by atoms with Gasteiger partial charge < -0.3 is 10.5 Å². The van der Waals surface area contributed by atoms with Gasteiger partial charge in [0.2, 0.25) is 0 Å². The summed E-state index contributed by atoms with van der Waals surface area (Å²) in [6, 6.07) is 2.92. The molecule has 18 heavy (non-hydrogen) atoms. The lowest BCUT2D eigenvalue weighted by Gasteiger charge is -2.10. The Hall–Kier alpha value is -1.34. The van der Waals surface area contributed by atoms with Gasteiger partial charge in [-0.25, -0.2) is 10.2 Å². The van der Waals surface area contributed by atoms with Crippen molar-refractivity contribution >= 4 is 44.1 Å². The molecule has 0 aliphatic carbocycles. The number of carbonyl (C=O) groups is 1. The van der Waals surface area contributed by atoms with E-state index in [2.05, 4.69) is 49.0 Å². The van der Waals surface area contributed by atoms with Crippen molar-refractivity contribution in [1.29, 1.82) is 0 Å². The minimum Gasteiger partial charge on any atom is -0.488 e. The number of nitrogens with two attached hydrogens (primary N) is 1. The summed E-state index contributed by atoms with van der Waals surface area (Å²) in [7, 11) is 0. The van der Waals surface area contributed by atoms with Crippen LogP contribution in [0.4, 0.5) is 4.79 Å². The minimum absolute atomic E-state index is 0.365. The van der Waals surface area contributed by atoms with Gasteiger partial charge in [0, 0.05) is 10.0 Å². The zero-order valence-electron chi connectivity index (χ0n) is 9.32. The van der Waals surface area contributed by atoms with Gasteiger partial charge in [0.15, 0.2) is 0 Å². The summed E-state index contributed by atoms with van der Waals surface area (Å²) >= 11 is 6.74. The van der Waals surface area contributed by atoms with E-state index in [4.69, 9.17) is 10.5 Å². The van der Waals surface area contributed by atoms with Crippen molar-refractivity contribution in [3.63, 3.8) is 0 Å². The number of amides is 2. The van der Waals surface area contributed by atoms with Crippen LogP contribution in [0.15, 0.2) is 38.8 Å². The maximum Gasteiger partial charge on any atom is 0.332 e. The van der Waals surface area contributed by atoms with Crippen molar-refractivity contribution < 1.29 is 9.53 Å². The molecule has 0 bridgehead atoms. The molecule has 5 nitrogen and oxygen atoms in total. The standard InChI is InChI=1S/C11H11Br2N3O2/c1-2-3-18-10-7(6-15-16-11(14)17)4-8(12)5-9(10)13/h2,4-6H,1,3H2,(H3,14,16,17)/b15-6-. The third-order valence-electron chi connectivity index (χ3n) is 1.76. The number of primary amides is 1. The van der Waals surface area contributed by atoms with Crippen LogP contribution in [0.25, 0.3) is 0 Å². The molecular formula is C11H11Br2N3O2. The van der Waals surface area contributed by atoms with Gasteiger partial charge in [-0.2, -0.15) is 5.10 Å². The fourth-order valence-corrected chi connectivity index (χ4v) is 2.51. The maximum atomic E-state index is 10.5. The number of rotatable bonds is 5. The Morgan fingerprint density at radius 2 is 2.28 bits per heavy atom. The fourth-order valence-electron chi connectivity index (χ4n) is 1.14. The highest BCUT2D eigenvalue weighted by atomic mass is 79.9. The largest absolute Gasteiger partial charge is 0.488 e. The van der Waals surface area contributed by atoms with Gasteiger partial charge in [-0.3, -0.25) is 0 Å². The molecule has 7 heteroatoms. The monoisotopic (exact) mass is 375 g/mol. The molecule has 0 aromatic heterocycles. The van der Waals surface area contributed by atoms with Crippen LogP contribution in [0.3, 0.4) is 0 Å². The summed E-state index contributed by atoms with van der Waals surface area (Å²) in [4.78, 5) is 10.5. The lowest BCUT2D eigenvalue weighted by molar-refractivity contribution is 0.249. The van der Waals surface area contributed by atoms with E-state index in [1.165, 1.54) is 6.21 Å². The number of hydrogen-bond donors (Lipinski definition) is 2. The van der Waals surface area contributed by atoms with Gasteiger partial charge in [0.1, 0.15) is 12.4 Å². The van der Waals surface area contributed by atoms with E-state index >= 15 is 0 Å². The predicted molar refractivity (Wildman–Crippen MR) is 77.8 cm³/mol. The van der Waals surface area contributed by atoms with Crippen molar-refractivity contribution in [2.24, 2.45) is 10.8 Å². The highest BCUT2D eigenvalue weighted by Gasteiger charge is 2.08. The van der Waals surface area contributed by atoms with Gasteiger partial charge in [-0.1, -0.05) is 28.6 Å². The van der Waals surface area contributed by atoms with Gasteiger partial charge >= 0.3 is 6.03 Å². The van der Waals surface area contributed by atoms with Crippen LogP contribution in [-0.4, -0.2) is 18.9 Å². The van der Waals surface area contributed by atoms with Crippen molar-refractivity contribution in [1.82, 2.24) is 5.43 Å². The maximum absolute atomic E-state index is 10.5. The molecule has 3 N–H and O–H groups in total. The minimum atomic E-state index is -0.728. The van der Waals surface area contributed by atoms with Crippen LogP contribution in [0, 0.1) is 0 Å². The third-order valence-corrected chi connectivity index (χ3v) is 2.81. The van der Waals surface area contributed by atoms with Crippen LogP contribution in [-0.2, 0) is 0 Å². The zero-order valence-corrected chi connectivity index (χ0v) is 12.5. The molecule has 1 aromatic rings. The van der Waals surface area contributed by atoms with Gasteiger partial charge in [-0.15, -0.1) is 0 Å². The first-order chi connectivity index (χ1) is 8.54.